The molecule has 0 heterocycles. The van der Waals surface area contributed by atoms with Gasteiger partial charge in [0.05, 0.1) is 25.2 Å². The predicted molar refractivity (Wildman–Crippen MR) is 282 cm³/mol. The zero-order chi connectivity index (χ0) is 47.4. The number of unbranched alkanes of at least 4 members (excludes halogenated alkanes) is 32. The van der Waals surface area contributed by atoms with Gasteiger partial charge in [-0.1, -0.05) is 243 Å². The van der Waals surface area contributed by atoms with Gasteiger partial charge in [0.25, 0.3) is 0 Å². The summed E-state index contributed by atoms with van der Waals surface area (Å²) in [4.78, 5) is 26.2. The molecule has 3 unspecified atom stereocenters. The minimum atomic E-state index is -0.796. The van der Waals surface area contributed by atoms with Crippen molar-refractivity contribution >= 4 is 11.9 Å². The van der Waals surface area contributed by atoms with E-state index in [9.17, 15) is 19.8 Å². The molecule has 0 saturated carbocycles. The van der Waals surface area contributed by atoms with Gasteiger partial charge in [-0.25, -0.2) is 0 Å². The fourth-order valence-electron chi connectivity index (χ4n) is 8.57. The summed E-state index contributed by atoms with van der Waals surface area (Å²) in [6.45, 7) is 6.47. The second-order valence-electron chi connectivity index (χ2n) is 19.4. The molecule has 3 atom stereocenters. The SMILES string of the molecule is CCCCC/C=C\C/C=C\CCCCCCCCCC(=O)OC(CCCCC/C=C/C=C/CCCCCCCCC)CC(=O)NC(CO)C(O)CCCCCCCCCCCCCCC. The Morgan fingerprint density at radius 2 is 0.831 bits per heavy atom. The molecule has 0 aromatic carbocycles. The van der Waals surface area contributed by atoms with Gasteiger partial charge in [-0.2, -0.15) is 0 Å². The second-order valence-corrected chi connectivity index (χ2v) is 19.4. The van der Waals surface area contributed by atoms with E-state index in [-0.39, 0.29) is 24.9 Å². The maximum atomic E-state index is 13.2. The lowest BCUT2D eigenvalue weighted by molar-refractivity contribution is -0.151. The first-order valence-electron chi connectivity index (χ1n) is 28.4. The maximum Gasteiger partial charge on any atom is 0.306 e. The van der Waals surface area contributed by atoms with Crippen LogP contribution in [0.25, 0.3) is 0 Å². The summed E-state index contributed by atoms with van der Waals surface area (Å²) < 4.78 is 5.94. The smallest absolute Gasteiger partial charge is 0.306 e. The fraction of sp³-hybridized carbons (Fsp3) is 0.831. The number of hydrogen-bond donors (Lipinski definition) is 3. The lowest BCUT2D eigenvalue weighted by Gasteiger charge is -2.24. The molecule has 6 nitrogen and oxygen atoms in total. The Morgan fingerprint density at radius 1 is 0.462 bits per heavy atom. The molecule has 0 aliphatic heterocycles. The fourth-order valence-corrected chi connectivity index (χ4v) is 8.57. The van der Waals surface area contributed by atoms with Crippen molar-refractivity contribution in [2.75, 3.05) is 6.61 Å². The lowest BCUT2D eigenvalue weighted by Crippen LogP contribution is -2.46. The average molecular weight is 913 g/mol. The Labute approximate surface area is 404 Å². The van der Waals surface area contributed by atoms with Crippen LogP contribution in [0.1, 0.15) is 290 Å². The van der Waals surface area contributed by atoms with Crippen LogP contribution >= 0.6 is 0 Å². The highest BCUT2D eigenvalue weighted by Gasteiger charge is 2.24. The van der Waals surface area contributed by atoms with Crippen molar-refractivity contribution in [1.29, 1.82) is 0 Å². The third-order valence-electron chi connectivity index (χ3n) is 12.9. The molecular formula is C59H109NO5. The molecule has 0 aromatic rings. The van der Waals surface area contributed by atoms with Crippen LogP contribution < -0.4 is 5.32 Å². The number of carbonyl (C=O) groups is 2. The van der Waals surface area contributed by atoms with Gasteiger partial charge in [0.2, 0.25) is 5.91 Å². The number of amides is 1. The van der Waals surface area contributed by atoms with Crippen LogP contribution in [-0.2, 0) is 14.3 Å². The topological polar surface area (TPSA) is 95.9 Å². The standard InChI is InChI=1S/C59H109NO5/c1-4-7-10-13-16-19-22-25-27-29-31-34-37-40-43-46-49-52-59(64)65-55(50-47-44-41-38-35-33-30-28-26-23-20-17-14-11-8-5-2)53-58(63)60-56(54-61)57(62)51-48-45-42-39-36-32-24-21-18-15-12-9-6-3/h16,19,25,27-28,30,33,35,55-57,61-62H,4-15,17-18,20-24,26,29,31-32,34,36-54H2,1-3H3,(H,60,63)/b19-16-,27-25-,30-28+,35-33+. The van der Waals surface area contributed by atoms with E-state index in [0.29, 0.717) is 19.3 Å². The Kier molecular flexibility index (Phi) is 51.0. The monoisotopic (exact) mass is 912 g/mol. The van der Waals surface area contributed by atoms with Gasteiger partial charge < -0.3 is 20.3 Å². The lowest BCUT2D eigenvalue weighted by atomic mass is 10.0. The van der Waals surface area contributed by atoms with E-state index in [1.807, 2.05) is 0 Å². The van der Waals surface area contributed by atoms with Crippen molar-refractivity contribution in [3.63, 3.8) is 0 Å². The van der Waals surface area contributed by atoms with Crippen LogP contribution in [0.4, 0.5) is 0 Å². The molecule has 3 N–H and O–H groups in total. The molecule has 0 bridgehead atoms. The Hall–Kier alpha value is -2.18. The highest BCUT2D eigenvalue weighted by atomic mass is 16.5. The number of carbonyl (C=O) groups excluding carboxylic acids is 2. The highest BCUT2D eigenvalue weighted by Crippen LogP contribution is 2.18. The summed E-state index contributed by atoms with van der Waals surface area (Å²) >= 11 is 0. The molecule has 0 aliphatic carbocycles. The largest absolute Gasteiger partial charge is 0.462 e. The van der Waals surface area contributed by atoms with E-state index in [2.05, 4.69) is 74.7 Å². The normalized spacial score (nSPS) is 13.5. The van der Waals surface area contributed by atoms with Gasteiger partial charge in [-0.05, 0) is 83.5 Å². The molecule has 1 amide bonds. The molecule has 0 saturated heterocycles. The number of hydrogen-bond acceptors (Lipinski definition) is 5. The molecule has 6 heteroatoms. The number of aliphatic hydroxyl groups is 2. The van der Waals surface area contributed by atoms with Crippen molar-refractivity contribution in [2.24, 2.45) is 0 Å². The summed E-state index contributed by atoms with van der Waals surface area (Å²) in [6, 6.07) is -0.712. The van der Waals surface area contributed by atoms with Crippen LogP contribution in [-0.4, -0.2) is 46.9 Å². The van der Waals surface area contributed by atoms with Crippen LogP contribution in [0, 0.1) is 0 Å². The van der Waals surface area contributed by atoms with Gasteiger partial charge >= 0.3 is 5.97 Å². The summed E-state index contributed by atoms with van der Waals surface area (Å²) in [7, 11) is 0. The number of ether oxygens (including phenoxy) is 1. The maximum absolute atomic E-state index is 13.2. The first kappa shape index (κ1) is 62.8. The van der Waals surface area contributed by atoms with E-state index >= 15 is 0 Å². The van der Waals surface area contributed by atoms with E-state index < -0.39 is 18.2 Å². The van der Waals surface area contributed by atoms with Crippen molar-refractivity contribution < 1.29 is 24.5 Å². The van der Waals surface area contributed by atoms with Gasteiger partial charge in [0, 0.05) is 6.42 Å². The molecule has 0 radical (unpaired) electrons. The van der Waals surface area contributed by atoms with Crippen LogP contribution in [0.2, 0.25) is 0 Å². The minimum absolute atomic E-state index is 0.0576. The van der Waals surface area contributed by atoms with Crippen LogP contribution in [0.5, 0.6) is 0 Å². The van der Waals surface area contributed by atoms with Gasteiger partial charge in [0.1, 0.15) is 6.10 Å². The zero-order valence-corrected chi connectivity index (χ0v) is 43.4. The Bertz CT molecular complexity index is 1110. The minimum Gasteiger partial charge on any atom is -0.462 e. The molecule has 0 spiro atoms. The van der Waals surface area contributed by atoms with E-state index in [1.165, 1.54) is 161 Å². The van der Waals surface area contributed by atoms with E-state index in [1.54, 1.807) is 0 Å². The van der Waals surface area contributed by atoms with Crippen molar-refractivity contribution in [3.05, 3.63) is 48.6 Å². The molecule has 0 rings (SSSR count). The first-order chi connectivity index (χ1) is 32.0. The summed E-state index contributed by atoms with van der Waals surface area (Å²) in [6.07, 6.45) is 64.6. The number of rotatable bonds is 51. The van der Waals surface area contributed by atoms with E-state index in [4.69, 9.17) is 4.74 Å². The summed E-state index contributed by atoms with van der Waals surface area (Å²) in [5.74, 6) is -0.500. The molecule has 0 aliphatic rings. The van der Waals surface area contributed by atoms with Crippen LogP contribution in [0.15, 0.2) is 48.6 Å². The predicted octanol–water partition coefficient (Wildman–Crippen LogP) is 17.4. The summed E-state index contributed by atoms with van der Waals surface area (Å²) in [5, 5.41) is 23.8. The summed E-state index contributed by atoms with van der Waals surface area (Å²) in [5.41, 5.74) is 0. The van der Waals surface area contributed by atoms with Crippen molar-refractivity contribution in [1.82, 2.24) is 5.32 Å². The molecule has 380 valence electrons. The third-order valence-corrected chi connectivity index (χ3v) is 12.9. The van der Waals surface area contributed by atoms with Gasteiger partial charge in [0.15, 0.2) is 0 Å². The van der Waals surface area contributed by atoms with Gasteiger partial charge in [-0.15, -0.1) is 0 Å². The number of nitrogens with one attached hydrogen (secondary N) is 1. The Balaban J connectivity index is 4.62. The highest BCUT2D eigenvalue weighted by molar-refractivity contribution is 5.77. The third kappa shape index (κ3) is 48.1. The van der Waals surface area contributed by atoms with E-state index in [0.717, 1.165) is 83.5 Å². The molecule has 0 aromatic heterocycles. The quantitative estimate of drug-likeness (QED) is 0.0245. The van der Waals surface area contributed by atoms with Crippen molar-refractivity contribution in [3.8, 4) is 0 Å². The molecular weight excluding hydrogens is 803 g/mol. The Morgan fingerprint density at radius 3 is 1.31 bits per heavy atom. The molecule has 0 fully saturated rings. The van der Waals surface area contributed by atoms with Crippen LogP contribution in [0.3, 0.4) is 0 Å². The molecule has 65 heavy (non-hydrogen) atoms. The average Bonchev–Trinajstić information content (AvgIpc) is 3.30. The second kappa shape index (κ2) is 52.8. The first-order valence-corrected chi connectivity index (χ1v) is 28.4. The number of aliphatic hydroxyl groups excluding tert-OH is 2. The number of esters is 1. The zero-order valence-electron chi connectivity index (χ0n) is 43.4. The van der Waals surface area contributed by atoms with Gasteiger partial charge in [-0.3, -0.25) is 9.59 Å². The number of allylic oxidation sites excluding steroid dienone is 8. The van der Waals surface area contributed by atoms with Crippen molar-refractivity contribution in [2.45, 2.75) is 309 Å².